The summed E-state index contributed by atoms with van der Waals surface area (Å²) in [4.78, 5) is 0. The fraction of sp³-hybridized carbons (Fsp3) is 1.00. The quantitative estimate of drug-likeness (QED) is 0.339. The van der Waals surface area contributed by atoms with Gasteiger partial charge in [-0.1, -0.05) is 0 Å². The summed E-state index contributed by atoms with van der Waals surface area (Å²) >= 11 is 0. The Hall–Kier alpha value is -0.200. The average Bonchev–Trinajstić information content (AvgIpc) is 2.18. The number of aliphatic hydroxyl groups excluding tert-OH is 4. The highest BCUT2D eigenvalue weighted by molar-refractivity contribution is 4.86. The number of hydrogen-bond donors (Lipinski definition) is 5. The average molecular weight is 222 g/mol. The molecule has 0 aromatic carbocycles. The van der Waals surface area contributed by atoms with Crippen molar-refractivity contribution in [3.8, 4) is 0 Å². The van der Waals surface area contributed by atoms with Gasteiger partial charge < -0.3 is 25.5 Å². The highest BCUT2D eigenvalue weighted by atomic mass is 16.3. The molecule has 0 aliphatic carbocycles. The first kappa shape index (κ1) is 14.8. The summed E-state index contributed by atoms with van der Waals surface area (Å²) in [5.74, 6) is -0.299. The minimum Gasteiger partial charge on any atom is -0.396 e. The van der Waals surface area contributed by atoms with Crippen molar-refractivity contribution in [2.45, 2.75) is 31.3 Å². The Balaban J connectivity index is 4.48. The van der Waals surface area contributed by atoms with Gasteiger partial charge in [0, 0.05) is 26.4 Å². The number of hydrogen-bond acceptors (Lipinski definition) is 5. The highest BCUT2D eigenvalue weighted by Crippen LogP contribution is 2.30. The van der Waals surface area contributed by atoms with E-state index in [1.54, 1.807) is 0 Å². The lowest BCUT2D eigenvalue weighted by Gasteiger charge is -2.35. The molecule has 0 fully saturated rings. The van der Waals surface area contributed by atoms with E-state index in [-0.39, 0.29) is 45.2 Å². The first-order chi connectivity index (χ1) is 7.14. The molecule has 15 heavy (non-hydrogen) atoms. The Kier molecular flexibility index (Phi) is 7.90. The van der Waals surface area contributed by atoms with Crippen LogP contribution in [0.25, 0.3) is 0 Å². The zero-order valence-corrected chi connectivity index (χ0v) is 8.97. The van der Waals surface area contributed by atoms with Crippen LogP contribution in [0.15, 0.2) is 0 Å². The maximum Gasteiger partial charge on any atom is 0.0721 e. The molecular formula is C10H22O5. The second-order valence-electron chi connectivity index (χ2n) is 3.77. The first-order valence-electron chi connectivity index (χ1n) is 5.30. The standard InChI is InChI=1S/C10H22O5/c11-5-1-9(2-6-12)10(15,3-7-13)4-8-14/h9,11-15H,1-8H2. The maximum atomic E-state index is 10.2. The second kappa shape index (κ2) is 8.01. The Morgan fingerprint density at radius 3 is 1.40 bits per heavy atom. The molecule has 0 spiro atoms. The van der Waals surface area contributed by atoms with Crippen molar-refractivity contribution in [1.29, 1.82) is 0 Å². The van der Waals surface area contributed by atoms with Crippen LogP contribution in [0.3, 0.4) is 0 Å². The molecule has 0 aliphatic rings. The van der Waals surface area contributed by atoms with E-state index in [9.17, 15) is 5.11 Å². The fourth-order valence-electron chi connectivity index (χ4n) is 1.91. The van der Waals surface area contributed by atoms with Crippen LogP contribution < -0.4 is 0 Å². The lowest BCUT2D eigenvalue weighted by molar-refractivity contribution is -0.0670. The molecular weight excluding hydrogens is 200 g/mol. The third-order valence-corrected chi connectivity index (χ3v) is 2.80. The van der Waals surface area contributed by atoms with Gasteiger partial charge in [0.1, 0.15) is 0 Å². The van der Waals surface area contributed by atoms with Crippen LogP contribution in [0.5, 0.6) is 0 Å². The molecule has 0 aromatic heterocycles. The third-order valence-electron chi connectivity index (χ3n) is 2.80. The van der Waals surface area contributed by atoms with Gasteiger partial charge in [-0.3, -0.25) is 0 Å². The topological polar surface area (TPSA) is 101 Å². The molecule has 92 valence electrons. The minimum atomic E-state index is -1.20. The van der Waals surface area contributed by atoms with Crippen molar-refractivity contribution in [3.05, 3.63) is 0 Å². The summed E-state index contributed by atoms with van der Waals surface area (Å²) in [6.45, 7) is -0.513. The number of aliphatic hydroxyl groups is 5. The minimum absolute atomic E-state index is 0.0795. The normalized spacial score (nSPS) is 12.4. The summed E-state index contributed by atoms with van der Waals surface area (Å²) in [7, 11) is 0. The highest BCUT2D eigenvalue weighted by Gasteiger charge is 2.34. The van der Waals surface area contributed by atoms with E-state index >= 15 is 0 Å². The van der Waals surface area contributed by atoms with Gasteiger partial charge in [-0.15, -0.1) is 0 Å². The van der Waals surface area contributed by atoms with Gasteiger partial charge in [0.25, 0.3) is 0 Å². The van der Waals surface area contributed by atoms with Gasteiger partial charge in [0.05, 0.1) is 5.60 Å². The van der Waals surface area contributed by atoms with E-state index in [4.69, 9.17) is 20.4 Å². The summed E-state index contributed by atoms with van der Waals surface area (Å²) < 4.78 is 0. The third kappa shape index (κ3) is 4.90. The van der Waals surface area contributed by atoms with Gasteiger partial charge in [-0.25, -0.2) is 0 Å². The van der Waals surface area contributed by atoms with Crippen LogP contribution in [-0.2, 0) is 0 Å². The largest absolute Gasteiger partial charge is 0.396 e. The maximum absolute atomic E-state index is 10.2. The van der Waals surface area contributed by atoms with Crippen molar-refractivity contribution >= 4 is 0 Å². The summed E-state index contributed by atoms with van der Waals surface area (Å²) in [5, 5.41) is 45.6. The SMILES string of the molecule is OCCC(CCO)C(O)(CCO)CCO. The van der Waals surface area contributed by atoms with Crippen LogP contribution in [0.1, 0.15) is 25.7 Å². The monoisotopic (exact) mass is 222 g/mol. The Morgan fingerprint density at radius 1 is 0.733 bits per heavy atom. The molecule has 0 amide bonds. The summed E-state index contributed by atoms with van der Waals surface area (Å²) in [6, 6.07) is 0. The predicted octanol–water partition coefficient (Wildman–Crippen LogP) is -1.14. The molecule has 0 unspecified atom stereocenters. The fourth-order valence-corrected chi connectivity index (χ4v) is 1.91. The molecule has 0 rings (SSSR count). The van der Waals surface area contributed by atoms with Crippen molar-refractivity contribution in [2.75, 3.05) is 26.4 Å². The molecule has 5 N–H and O–H groups in total. The van der Waals surface area contributed by atoms with Gasteiger partial charge in [0.2, 0.25) is 0 Å². The molecule has 0 saturated carbocycles. The number of rotatable bonds is 9. The van der Waals surface area contributed by atoms with Crippen LogP contribution in [0.2, 0.25) is 0 Å². The lowest BCUT2D eigenvalue weighted by atomic mass is 9.78. The Labute approximate surface area is 90.0 Å². The zero-order valence-electron chi connectivity index (χ0n) is 8.97. The Morgan fingerprint density at radius 2 is 1.13 bits per heavy atom. The second-order valence-corrected chi connectivity index (χ2v) is 3.77. The van der Waals surface area contributed by atoms with Crippen molar-refractivity contribution in [2.24, 2.45) is 5.92 Å². The van der Waals surface area contributed by atoms with E-state index < -0.39 is 5.60 Å². The van der Waals surface area contributed by atoms with E-state index in [0.717, 1.165) is 0 Å². The lowest BCUT2D eigenvalue weighted by Crippen LogP contribution is -2.41. The molecule has 0 bridgehead atoms. The zero-order chi connectivity index (χ0) is 11.7. The first-order valence-corrected chi connectivity index (χ1v) is 5.30. The van der Waals surface area contributed by atoms with Crippen molar-refractivity contribution in [1.82, 2.24) is 0 Å². The molecule has 0 aliphatic heterocycles. The van der Waals surface area contributed by atoms with Crippen LogP contribution in [0, 0.1) is 5.92 Å². The molecule has 5 nitrogen and oxygen atoms in total. The van der Waals surface area contributed by atoms with E-state index in [1.165, 1.54) is 0 Å². The molecule has 0 aromatic rings. The summed E-state index contributed by atoms with van der Waals surface area (Å²) in [6.07, 6.45) is 1.02. The van der Waals surface area contributed by atoms with E-state index in [0.29, 0.717) is 12.8 Å². The van der Waals surface area contributed by atoms with E-state index in [1.807, 2.05) is 0 Å². The summed E-state index contributed by atoms with van der Waals surface area (Å²) in [5.41, 5.74) is -1.20. The van der Waals surface area contributed by atoms with Crippen molar-refractivity contribution < 1.29 is 25.5 Å². The van der Waals surface area contributed by atoms with Crippen molar-refractivity contribution in [3.63, 3.8) is 0 Å². The van der Waals surface area contributed by atoms with Gasteiger partial charge >= 0.3 is 0 Å². The molecule has 5 heteroatoms. The van der Waals surface area contributed by atoms with Gasteiger partial charge in [-0.05, 0) is 31.6 Å². The molecule has 0 atom stereocenters. The van der Waals surface area contributed by atoms with Crippen LogP contribution in [0.4, 0.5) is 0 Å². The smallest absolute Gasteiger partial charge is 0.0721 e. The molecule has 0 saturated heterocycles. The molecule has 0 heterocycles. The Bertz CT molecular complexity index is 139. The van der Waals surface area contributed by atoms with Gasteiger partial charge in [0.15, 0.2) is 0 Å². The van der Waals surface area contributed by atoms with Crippen LogP contribution in [-0.4, -0.2) is 57.6 Å². The molecule has 0 radical (unpaired) electrons. The van der Waals surface area contributed by atoms with Gasteiger partial charge in [-0.2, -0.15) is 0 Å². The predicted molar refractivity (Wildman–Crippen MR) is 55.3 cm³/mol. The van der Waals surface area contributed by atoms with E-state index in [2.05, 4.69) is 0 Å². The van der Waals surface area contributed by atoms with Crippen LogP contribution >= 0.6 is 0 Å².